The maximum absolute atomic E-state index is 13.8. The maximum Gasteiger partial charge on any atom is 0.272 e. The van der Waals surface area contributed by atoms with Crippen LogP contribution >= 0.6 is 0 Å². The number of hydrogen-bond donors (Lipinski definition) is 0. The number of hydrogen-bond acceptors (Lipinski definition) is 5. The van der Waals surface area contributed by atoms with Crippen LogP contribution in [0.25, 0.3) is 11.1 Å². The van der Waals surface area contributed by atoms with Gasteiger partial charge in [0.05, 0.1) is 17.4 Å². The van der Waals surface area contributed by atoms with E-state index in [-0.39, 0.29) is 17.4 Å². The van der Waals surface area contributed by atoms with E-state index in [1.54, 1.807) is 10.9 Å². The maximum atomic E-state index is 13.8. The third-order valence-corrected chi connectivity index (χ3v) is 6.20. The molecule has 0 radical (unpaired) electrons. The Morgan fingerprint density at radius 1 is 1.12 bits per heavy atom. The van der Waals surface area contributed by atoms with Crippen LogP contribution in [-0.2, 0) is 12.5 Å². The quantitative estimate of drug-likeness (QED) is 0.607. The molecule has 32 heavy (non-hydrogen) atoms. The SMILES string of the molecule is Cc1ncc(-c2ccncc2C)c([C@H]2CCCCN2C(=O)c2cc(C(C)(C)C)nn2C)n1. The minimum absolute atomic E-state index is 0.00821. The molecule has 1 atom stereocenters. The van der Waals surface area contributed by atoms with E-state index in [0.717, 1.165) is 47.3 Å². The highest BCUT2D eigenvalue weighted by Crippen LogP contribution is 2.37. The van der Waals surface area contributed by atoms with Gasteiger partial charge in [-0.15, -0.1) is 0 Å². The summed E-state index contributed by atoms with van der Waals surface area (Å²) in [4.78, 5) is 29.3. The Hall–Kier alpha value is -3.09. The number of rotatable bonds is 3. The molecule has 7 heteroatoms. The van der Waals surface area contributed by atoms with Crippen molar-refractivity contribution in [2.24, 2.45) is 7.05 Å². The molecule has 1 aliphatic heterocycles. The van der Waals surface area contributed by atoms with Gasteiger partial charge in [-0.2, -0.15) is 5.10 Å². The van der Waals surface area contributed by atoms with Crippen molar-refractivity contribution < 1.29 is 4.79 Å². The number of pyridine rings is 1. The van der Waals surface area contributed by atoms with Crippen LogP contribution in [0.2, 0.25) is 0 Å². The lowest BCUT2D eigenvalue weighted by molar-refractivity contribution is 0.0595. The van der Waals surface area contributed by atoms with Gasteiger partial charge >= 0.3 is 0 Å². The molecule has 0 spiro atoms. The van der Waals surface area contributed by atoms with Gasteiger partial charge in [-0.3, -0.25) is 14.5 Å². The Labute approximate surface area is 189 Å². The number of carbonyl (C=O) groups is 1. The molecule has 0 bridgehead atoms. The smallest absolute Gasteiger partial charge is 0.272 e. The lowest BCUT2D eigenvalue weighted by Crippen LogP contribution is -2.40. The van der Waals surface area contributed by atoms with Crippen LogP contribution in [0.5, 0.6) is 0 Å². The highest BCUT2D eigenvalue weighted by molar-refractivity contribution is 5.93. The fraction of sp³-hybridized carbons (Fsp3) is 0.480. The molecule has 3 aromatic rings. The number of carbonyl (C=O) groups excluding carboxylic acids is 1. The molecule has 4 rings (SSSR count). The van der Waals surface area contributed by atoms with Crippen LogP contribution in [-0.4, -0.2) is 42.1 Å². The molecule has 168 valence electrons. The van der Waals surface area contributed by atoms with Crippen molar-refractivity contribution in [3.05, 3.63) is 59.2 Å². The average Bonchev–Trinajstić information content (AvgIpc) is 3.16. The topological polar surface area (TPSA) is 76.8 Å². The summed E-state index contributed by atoms with van der Waals surface area (Å²) in [6, 6.07) is 3.83. The van der Waals surface area contributed by atoms with Gasteiger partial charge < -0.3 is 4.90 Å². The molecule has 0 saturated carbocycles. The fourth-order valence-corrected chi connectivity index (χ4v) is 4.36. The van der Waals surface area contributed by atoms with Gasteiger partial charge in [0.15, 0.2) is 0 Å². The number of piperidine rings is 1. The van der Waals surface area contributed by atoms with E-state index >= 15 is 0 Å². The molecule has 1 aliphatic rings. The molecule has 1 amide bonds. The van der Waals surface area contributed by atoms with E-state index in [4.69, 9.17) is 4.98 Å². The van der Waals surface area contributed by atoms with Crippen molar-refractivity contribution in [1.29, 1.82) is 0 Å². The van der Waals surface area contributed by atoms with Crippen molar-refractivity contribution in [1.82, 2.24) is 29.6 Å². The molecule has 1 saturated heterocycles. The largest absolute Gasteiger partial charge is 0.329 e. The summed E-state index contributed by atoms with van der Waals surface area (Å²) in [6.07, 6.45) is 8.46. The molecule has 3 aromatic heterocycles. The van der Waals surface area contributed by atoms with Crippen LogP contribution in [0, 0.1) is 13.8 Å². The zero-order valence-electron chi connectivity index (χ0n) is 19.9. The minimum atomic E-state index is -0.118. The molecular weight excluding hydrogens is 400 g/mol. The normalized spacial score (nSPS) is 16.9. The first-order chi connectivity index (χ1) is 15.2. The van der Waals surface area contributed by atoms with E-state index in [0.29, 0.717) is 18.1 Å². The monoisotopic (exact) mass is 432 g/mol. The predicted molar refractivity (Wildman–Crippen MR) is 124 cm³/mol. The van der Waals surface area contributed by atoms with E-state index < -0.39 is 0 Å². The molecule has 0 unspecified atom stereocenters. The van der Waals surface area contributed by atoms with Crippen molar-refractivity contribution in [2.75, 3.05) is 6.54 Å². The highest BCUT2D eigenvalue weighted by Gasteiger charge is 2.34. The van der Waals surface area contributed by atoms with Gasteiger partial charge in [-0.25, -0.2) is 9.97 Å². The van der Waals surface area contributed by atoms with E-state index in [1.807, 2.05) is 50.3 Å². The fourth-order valence-electron chi connectivity index (χ4n) is 4.36. The van der Waals surface area contributed by atoms with Crippen LogP contribution < -0.4 is 0 Å². The Morgan fingerprint density at radius 2 is 1.91 bits per heavy atom. The summed E-state index contributed by atoms with van der Waals surface area (Å²) in [5, 5.41) is 4.62. The third-order valence-electron chi connectivity index (χ3n) is 6.20. The lowest BCUT2D eigenvalue weighted by atomic mass is 9.91. The van der Waals surface area contributed by atoms with E-state index in [1.165, 1.54) is 0 Å². The number of aromatic nitrogens is 5. The van der Waals surface area contributed by atoms with Gasteiger partial charge in [0.1, 0.15) is 11.5 Å². The number of amides is 1. The zero-order chi connectivity index (χ0) is 23.0. The Bertz CT molecular complexity index is 1140. The summed E-state index contributed by atoms with van der Waals surface area (Å²) in [6.45, 7) is 11.0. The van der Waals surface area contributed by atoms with Gasteiger partial charge in [0, 0.05) is 43.2 Å². The summed E-state index contributed by atoms with van der Waals surface area (Å²) in [7, 11) is 1.85. The van der Waals surface area contributed by atoms with Crippen LogP contribution in [0.15, 0.2) is 30.7 Å². The molecular formula is C25H32N6O. The van der Waals surface area contributed by atoms with Crippen molar-refractivity contribution in [3.8, 4) is 11.1 Å². The minimum Gasteiger partial charge on any atom is -0.329 e. The van der Waals surface area contributed by atoms with Crippen molar-refractivity contribution in [3.63, 3.8) is 0 Å². The second kappa shape index (κ2) is 8.45. The Balaban J connectivity index is 1.77. The average molecular weight is 433 g/mol. The van der Waals surface area contributed by atoms with Gasteiger partial charge in [0.25, 0.3) is 5.91 Å². The first kappa shape index (κ1) is 22.1. The van der Waals surface area contributed by atoms with Crippen LogP contribution in [0.4, 0.5) is 0 Å². The first-order valence-electron chi connectivity index (χ1n) is 11.3. The number of nitrogens with zero attached hydrogens (tertiary/aromatic N) is 6. The van der Waals surface area contributed by atoms with Crippen LogP contribution in [0.3, 0.4) is 0 Å². The van der Waals surface area contributed by atoms with Crippen molar-refractivity contribution >= 4 is 5.91 Å². The standard InChI is InChI=1S/C25H32N6O/c1-16-14-26-11-10-18(16)19-15-27-17(2)28-23(19)20-9-7-8-12-31(20)24(32)21-13-22(25(3,4)5)29-30(21)6/h10-11,13-15,20H,7-9,12H2,1-6H3/t20-/m1/s1. The highest BCUT2D eigenvalue weighted by atomic mass is 16.2. The zero-order valence-corrected chi connectivity index (χ0v) is 19.9. The van der Waals surface area contributed by atoms with Gasteiger partial charge in [0.2, 0.25) is 0 Å². The first-order valence-corrected chi connectivity index (χ1v) is 11.3. The summed E-state index contributed by atoms with van der Waals surface area (Å²) >= 11 is 0. The van der Waals surface area contributed by atoms with Crippen molar-refractivity contribution in [2.45, 2.75) is 65.3 Å². The summed E-state index contributed by atoms with van der Waals surface area (Å²) in [5.74, 6) is 0.720. The van der Waals surface area contributed by atoms with Crippen LogP contribution in [0.1, 0.15) is 79.3 Å². The van der Waals surface area contributed by atoms with Gasteiger partial charge in [-0.1, -0.05) is 20.8 Å². The molecule has 0 aromatic carbocycles. The lowest BCUT2D eigenvalue weighted by Gasteiger charge is -2.36. The molecule has 1 fully saturated rings. The predicted octanol–water partition coefficient (Wildman–Crippen LogP) is 4.55. The Morgan fingerprint density at radius 3 is 2.59 bits per heavy atom. The molecule has 4 heterocycles. The molecule has 0 N–H and O–H groups in total. The number of aryl methyl sites for hydroxylation is 3. The Kier molecular flexibility index (Phi) is 5.84. The summed E-state index contributed by atoms with van der Waals surface area (Å²) < 4.78 is 1.72. The van der Waals surface area contributed by atoms with E-state index in [2.05, 4.69) is 35.8 Å². The second-order valence-electron chi connectivity index (χ2n) is 9.71. The van der Waals surface area contributed by atoms with Gasteiger partial charge in [-0.05, 0) is 56.4 Å². The third kappa shape index (κ3) is 4.16. The molecule has 0 aliphatic carbocycles. The van der Waals surface area contributed by atoms with E-state index in [9.17, 15) is 4.79 Å². The molecule has 7 nitrogen and oxygen atoms in total. The summed E-state index contributed by atoms with van der Waals surface area (Å²) in [5.41, 5.74) is 5.43. The number of likely N-dealkylation sites (tertiary alicyclic amines) is 1. The second-order valence-corrected chi connectivity index (χ2v) is 9.71.